The minimum Gasteiger partial charge on any atom is -0.372 e. The predicted octanol–water partition coefficient (Wildman–Crippen LogP) is 2.08. The lowest BCUT2D eigenvalue weighted by Gasteiger charge is -2.55. The van der Waals surface area contributed by atoms with Gasteiger partial charge in [-0.05, 0) is 25.5 Å². The highest BCUT2D eigenvalue weighted by molar-refractivity contribution is 6.83. The highest BCUT2D eigenvalue weighted by atomic mass is 28.3. The number of nitrogens with zero attached hydrogens (tertiary/aromatic N) is 1. The van der Waals surface area contributed by atoms with Gasteiger partial charge in [0, 0.05) is 13.0 Å². The van der Waals surface area contributed by atoms with Crippen LogP contribution in [0.5, 0.6) is 0 Å². The Balaban J connectivity index is 1.95. The van der Waals surface area contributed by atoms with Crippen molar-refractivity contribution < 1.29 is 27.9 Å². The van der Waals surface area contributed by atoms with E-state index in [0.717, 1.165) is 0 Å². The van der Waals surface area contributed by atoms with Crippen LogP contribution in [-0.2, 0) is 20.7 Å². The molecule has 0 bridgehead atoms. The third-order valence-electron chi connectivity index (χ3n) is 6.04. The average molecular weight is 462 g/mol. The van der Waals surface area contributed by atoms with Crippen LogP contribution >= 0.6 is 0 Å². The van der Waals surface area contributed by atoms with Gasteiger partial charge in [-0.25, -0.2) is 13.6 Å². The second-order valence-corrected chi connectivity index (χ2v) is 14.4. The van der Waals surface area contributed by atoms with Gasteiger partial charge in [0.1, 0.15) is 8.07 Å². The number of fused-ring (bicyclic) bond motifs is 4. The van der Waals surface area contributed by atoms with Crippen molar-refractivity contribution in [3.05, 3.63) is 28.8 Å². The molecule has 4 rings (SSSR count). The van der Waals surface area contributed by atoms with Crippen molar-refractivity contribution in [3.8, 4) is 11.5 Å². The molecule has 0 saturated carbocycles. The molecule has 3 heterocycles. The summed E-state index contributed by atoms with van der Waals surface area (Å²) >= 11 is 0. The molecule has 0 aliphatic carbocycles. The number of barbiturate groups is 1. The highest BCUT2D eigenvalue weighted by Crippen LogP contribution is 2.48. The topological polar surface area (TPSA) is 87.7 Å². The number of amides is 4. The van der Waals surface area contributed by atoms with Crippen LogP contribution in [0, 0.1) is 28.5 Å². The summed E-state index contributed by atoms with van der Waals surface area (Å²) in [5.41, 5.74) is 1.47. The lowest BCUT2D eigenvalue weighted by molar-refractivity contribution is -0.153. The first-order valence-electron chi connectivity index (χ1n) is 10.5. The Labute approximate surface area is 185 Å². The van der Waals surface area contributed by atoms with Gasteiger partial charge in [0.2, 0.25) is 11.8 Å². The zero-order valence-electron chi connectivity index (χ0n) is 18.6. The summed E-state index contributed by atoms with van der Waals surface area (Å²) in [5.74, 6) is -0.921. The maximum absolute atomic E-state index is 15.4. The molecule has 2 fully saturated rings. The summed E-state index contributed by atoms with van der Waals surface area (Å²) in [7, 11) is -1.87. The van der Waals surface area contributed by atoms with E-state index in [1.54, 1.807) is 18.7 Å². The molecule has 7 nitrogen and oxygen atoms in total. The summed E-state index contributed by atoms with van der Waals surface area (Å²) in [6.07, 6.45) is -1.23. The number of nitrogens with one attached hydrogen (secondary N) is 2. The Morgan fingerprint density at radius 2 is 1.75 bits per heavy atom. The Bertz CT molecular complexity index is 1090. The van der Waals surface area contributed by atoms with Crippen LogP contribution < -0.4 is 15.5 Å². The zero-order valence-corrected chi connectivity index (χ0v) is 19.6. The minimum absolute atomic E-state index is 0.0104. The molecule has 0 radical (unpaired) electrons. The van der Waals surface area contributed by atoms with E-state index in [1.165, 1.54) is 6.07 Å². The number of hydrogen-bond acceptors (Lipinski definition) is 5. The van der Waals surface area contributed by atoms with Crippen molar-refractivity contribution in [1.29, 1.82) is 0 Å². The van der Waals surface area contributed by atoms with Gasteiger partial charge in [-0.2, -0.15) is 0 Å². The largest absolute Gasteiger partial charge is 0.372 e. The summed E-state index contributed by atoms with van der Waals surface area (Å²) < 4.78 is 36.3. The van der Waals surface area contributed by atoms with E-state index in [4.69, 9.17) is 4.74 Å². The number of carbonyl (C=O) groups is 3. The maximum Gasteiger partial charge on any atom is 0.328 e. The molecule has 2 saturated heterocycles. The van der Waals surface area contributed by atoms with Gasteiger partial charge in [0.05, 0.1) is 29.5 Å². The van der Waals surface area contributed by atoms with E-state index in [1.807, 2.05) is 19.6 Å². The number of benzene rings is 1. The van der Waals surface area contributed by atoms with Crippen molar-refractivity contribution in [1.82, 2.24) is 10.6 Å². The fourth-order valence-corrected chi connectivity index (χ4v) is 5.39. The number of morpholine rings is 1. The van der Waals surface area contributed by atoms with E-state index >= 15 is 8.78 Å². The molecule has 1 spiro atoms. The molecule has 0 unspecified atom stereocenters. The zero-order chi connectivity index (χ0) is 23.6. The Morgan fingerprint density at radius 1 is 1.12 bits per heavy atom. The molecule has 1 aromatic rings. The highest BCUT2D eigenvalue weighted by Gasteiger charge is 2.63. The summed E-state index contributed by atoms with van der Waals surface area (Å²) in [6.45, 7) is 9.55. The molecule has 3 atom stereocenters. The van der Waals surface area contributed by atoms with Gasteiger partial charge < -0.3 is 9.64 Å². The number of urea groups is 1. The molecule has 0 aromatic heterocycles. The molecule has 2 N–H and O–H groups in total. The van der Waals surface area contributed by atoms with Crippen LogP contribution in [0.15, 0.2) is 6.07 Å². The first-order valence-corrected chi connectivity index (χ1v) is 14.0. The molecule has 1 aromatic carbocycles. The van der Waals surface area contributed by atoms with Crippen molar-refractivity contribution in [2.45, 2.75) is 58.2 Å². The minimum atomic E-state index is -1.87. The van der Waals surface area contributed by atoms with Crippen LogP contribution in [0.1, 0.15) is 25.0 Å². The van der Waals surface area contributed by atoms with Crippen LogP contribution in [0.4, 0.5) is 19.3 Å². The molecule has 3 aliphatic heterocycles. The molecular weight excluding hydrogens is 436 g/mol. The average Bonchev–Trinajstić information content (AvgIpc) is 2.66. The standard InChI is InChI=1S/C22H25F2N3O4Si/c1-11-10-27-17-14(8-13(15(23)16(17)24)6-7-32(3,4)5)9-22(18(27)12(2)31-11)19(28)25-21(30)26-20(22)29/h8,11-12,18H,9-10H2,1-5H3,(H2,25,26,28,29,30)/t11-,12+,18-/m1/s1. The van der Waals surface area contributed by atoms with E-state index in [9.17, 15) is 14.4 Å². The smallest absolute Gasteiger partial charge is 0.328 e. The monoisotopic (exact) mass is 461 g/mol. The second-order valence-electron chi connectivity index (χ2n) is 9.69. The summed E-state index contributed by atoms with van der Waals surface area (Å²) in [4.78, 5) is 39.5. The van der Waals surface area contributed by atoms with Gasteiger partial charge in [0.15, 0.2) is 17.0 Å². The second kappa shape index (κ2) is 7.39. The Kier molecular flexibility index (Phi) is 5.18. The lowest BCUT2D eigenvalue weighted by atomic mass is 9.66. The fourth-order valence-electron chi connectivity index (χ4n) is 4.88. The van der Waals surface area contributed by atoms with E-state index in [0.29, 0.717) is 5.56 Å². The third kappa shape index (κ3) is 3.40. The van der Waals surface area contributed by atoms with Crippen molar-refractivity contribution in [2.24, 2.45) is 5.41 Å². The van der Waals surface area contributed by atoms with Crippen LogP contribution in [0.2, 0.25) is 19.6 Å². The van der Waals surface area contributed by atoms with Gasteiger partial charge in [0.25, 0.3) is 0 Å². The lowest BCUT2D eigenvalue weighted by Crippen LogP contribution is -2.75. The Hall–Kier alpha value is -2.77. The number of anilines is 1. The quantitative estimate of drug-likeness (QED) is 0.351. The molecular formula is C22H25F2N3O4Si. The van der Waals surface area contributed by atoms with Gasteiger partial charge in [-0.15, -0.1) is 5.54 Å². The first kappa shape index (κ1) is 22.4. The number of rotatable bonds is 0. The number of hydrogen-bond donors (Lipinski definition) is 2. The van der Waals surface area contributed by atoms with Gasteiger partial charge in [-0.1, -0.05) is 25.6 Å². The number of imide groups is 2. The van der Waals surface area contributed by atoms with Crippen molar-refractivity contribution in [2.75, 3.05) is 11.4 Å². The van der Waals surface area contributed by atoms with E-state index in [-0.39, 0.29) is 30.3 Å². The third-order valence-corrected chi connectivity index (χ3v) is 6.91. The summed E-state index contributed by atoms with van der Waals surface area (Å²) in [5, 5.41) is 4.34. The summed E-state index contributed by atoms with van der Waals surface area (Å²) in [6, 6.07) is -0.416. The van der Waals surface area contributed by atoms with E-state index in [2.05, 4.69) is 22.1 Å². The molecule has 170 valence electrons. The SMILES string of the molecule is C[C@@H]1CN2c3c(cc(C#C[Si](C)(C)C)c(F)c3F)CC3(C(=O)NC(=O)NC3=O)[C@H]2[C@H](C)O1. The van der Waals surface area contributed by atoms with Crippen molar-refractivity contribution >= 4 is 31.6 Å². The molecule has 32 heavy (non-hydrogen) atoms. The Morgan fingerprint density at radius 3 is 2.34 bits per heavy atom. The molecule has 4 amide bonds. The molecule has 3 aliphatic rings. The maximum atomic E-state index is 15.4. The van der Waals surface area contributed by atoms with Crippen LogP contribution in [0.25, 0.3) is 0 Å². The number of carbonyl (C=O) groups excluding carboxylic acids is 3. The van der Waals surface area contributed by atoms with Gasteiger partial charge >= 0.3 is 6.03 Å². The number of halogens is 2. The van der Waals surface area contributed by atoms with E-state index < -0.39 is 55.1 Å². The van der Waals surface area contributed by atoms with Crippen LogP contribution in [-0.4, -0.2) is 50.7 Å². The van der Waals surface area contributed by atoms with Gasteiger partial charge in [-0.3, -0.25) is 20.2 Å². The number of ether oxygens (including phenoxy) is 1. The normalized spacial score (nSPS) is 26.5. The molecule has 10 heteroatoms. The van der Waals surface area contributed by atoms with Crippen molar-refractivity contribution in [3.63, 3.8) is 0 Å². The fraction of sp³-hybridized carbons (Fsp3) is 0.500. The predicted molar refractivity (Wildman–Crippen MR) is 116 cm³/mol. The first-order chi connectivity index (χ1) is 14.8. The van der Waals surface area contributed by atoms with Crippen LogP contribution in [0.3, 0.4) is 0 Å².